The molecule has 7 nitrogen and oxygen atoms in total. The Morgan fingerprint density at radius 2 is 1.93 bits per heavy atom. The van der Waals surface area contributed by atoms with Crippen LogP contribution in [0.4, 0.5) is 0 Å². The monoisotopic (exact) mass is 397 g/mol. The van der Waals surface area contributed by atoms with Gasteiger partial charge < -0.3 is 24.3 Å². The van der Waals surface area contributed by atoms with Crippen molar-refractivity contribution < 1.29 is 28.6 Å². The minimum atomic E-state index is -1.19. The van der Waals surface area contributed by atoms with Crippen LogP contribution in [0.2, 0.25) is 0 Å². The number of furan rings is 1. The average Bonchev–Trinajstić information content (AvgIpc) is 3.15. The lowest BCUT2D eigenvalue weighted by Gasteiger charge is -2.14. The van der Waals surface area contributed by atoms with Gasteiger partial charge in [-0.2, -0.15) is 0 Å². The normalized spacial score (nSPS) is 11.9. The van der Waals surface area contributed by atoms with Gasteiger partial charge in [0.25, 0.3) is 5.91 Å². The number of carbonyl (C=O) groups excluding carboxylic acids is 1. The van der Waals surface area contributed by atoms with Gasteiger partial charge in [-0.3, -0.25) is 4.79 Å². The molecule has 3 rings (SSSR count). The van der Waals surface area contributed by atoms with E-state index in [1.54, 1.807) is 24.3 Å². The van der Waals surface area contributed by atoms with E-state index in [9.17, 15) is 14.7 Å². The summed E-state index contributed by atoms with van der Waals surface area (Å²) in [5.74, 6) is -1.09. The molecule has 1 heterocycles. The minimum Gasteiger partial charge on any atom is -0.494 e. The summed E-state index contributed by atoms with van der Waals surface area (Å²) >= 11 is 0. The number of nitrogens with one attached hydrogen (secondary N) is 1. The molecule has 1 aromatic heterocycles. The van der Waals surface area contributed by atoms with E-state index in [1.165, 1.54) is 0 Å². The van der Waals surface area contributed by atoms with Gasteiger partial charge in [-0.15, -0.1) is 0 Å². The maximum absolute atomic E-state index is 12.5. The third-order valence-electron chi connectivity index (χ3n) is 4.18. The van der Waals surface area contributed by atoms with Gasteiger partial charge in [0, 0.05) is 5.39 Å². The number of carbonyl (C=O) groups is 2. The zero-order valence-electron chi connectivity index (χ0n) is 16.1. The summed E-state index contributed by atoms with van der Waals surface area (Å²) in [7, 11) is 0. The van der Waals surface area contributed by atoms with E-state index in [-0.39, 0.29) is 19.0 Å². The molecule has 0 aliphatic heterocycles. The second kappa shape index (κ2) is 9.75. The van der Waals surface area contributed by atoms with Crippen molar-refractivity contribution in [2.24, 2.45) is 0 Å². The first-order valence-electron chi connectivity index (χ1n) is 9.38. The van der Waals surface area contributed by atoms with Crippen molar-refractivity contribution in [3.8, 4) is 5.75 Å². The van der Waals surface area contributed by atoms with Crippen LogP contribution >= 0.6 is 0 Å². The second-order valence-electron chi connectivity index (χ2n) is 6.52. The van der Waals surface area contributed by atoms with E-state index in [1.807, 2.05) is 37.3 Å². The fourth-order valence-corrected chi connectivity index (χ4v) is 2.72. The number of aliphatic carboxylic acids is 1. The highest BCUT2D eigenvalue weighted by Gasteiger charge is 2.23. The van der Waals surface area contributed by atoms with Crippen molar-refractivity contribution in [3.63, 3.8) is 0 Å². The highest BCUT2D eigenvalue weighted by molar-refractivity contribution is 5.98. The largest absolute Gasteiger partial charge is 0.494 e. The Morgan fingerprint density at radius 3 is 2.66 bits per heavy atom. The Morgan fingerprint density at radius 1 is 1.14 bits per heavy atom. The molecule has 0 unspecified atom stereocenters. The summed E-state index contributed by atoms with van der Waals surface area (Å²) in [5, 5.41) is 12.5. The lowest BCUT2D eigenvalue weighted by Crippen LogP contribution is -2.43. The fourth-order valence-electron chi connectivity index (χ4n) is 2.72. The van der Waals surface area contributed by atoms with Crippen molar-refractivity contribution in [3.05, 3.63) is 65.9 Å². The molecule has 0 aliphatic rings. The van der Waals surface area contributed by atoms with Gasteiger partial charge in [0.05, 0.1) is 19.8 Å². The van der Waals surface area contributed by atoms with Crippen LogP contribution in [0.15, 0.2) is 59.0 Å². The molecular weight excluding hydrogens is 374 g/mol. The van der Waals surface area contributed by atoms with Crippen molar-refractivity contribution in [2.75, 3.05) is 13.2 Å². The van der Waals surface area contributed by atoms with Gasteiger partial charge >= 0.3 is 5.97 Å². The van der Waals surface area contributed by atoms with Gasteiger partial charge in [-0.05, 0) is 36.2 Å². The number of hydrogen-bond acceptors (Lipinski definition) is 5. The topological polar surface area (TPSA) is 98.0 Å². The Hall–Kier alpha value is -3.32. The molecule has 0 radical (unpaired) electrons. The lowest BCUT2D eigenvalue weighted by atomic mass is 10.2. The van der Waals surface area contributed by atoms with Crippen LogP contribution in [-0.2, 0) is 16.1 Å². The predicted molar refractivity (Wildman–Crippen MR) is 107 cm³/mol. The molecule has 0 aliphatic carbocycles. The number of carboxylic acid groups (broad SMARTS) is 1. The van der Waals surface area contributed by atoms with Crippen molar-refractivity contribution >= 4 is 22.8 Å². The van der Waals surface area contributed by atoms with Crippen molar-refractivity contribution in [2.45, 2.75) is 26.0 Å². The molecule has 29 heavy (non-hydrogen) atoms. The smallest absolute Gasteiger partial charge is 0.328 e. The summed E-state index contributed by atoms with van der Waals surface area (Å²) in [5.41, 5.74) is 1.44. The minimum absolute atomic E-state index is 0.0296. The number of benzene rings is 2. The number of amides is 1. The molecule has 152 valence electrons. The molecule has 0 saturated heterocycles. The predicted octanol–water partition coefficient (Wildman–Crippen LogP) is 3.62. The van der Waals surface area contributed by atoms with E-state index < -0.39 is 17.9 Å². The van der Waals surface area contributed by atoms with E-state index in [2.05, 4.69) is 5.32 Å². The van der Waals surface area contributed by atoms with Crippen LogP contribution < -0.4 is 10.1 Å². The Kier molecular flexibility index (Phi) is 6.86. The number of hydrogen-bond donors (Lipinski definition) is 2. The third kappa shape index (κ3) is 5.58. The maximum Gasteiger partial charge on any atom is 0.328 e. The Balaban J connectivity index is 1.62. The highest BCUT2D eigenvalue weighted by Crippen LogP contribution is 2.24. The molecule has 0 spiro atoms. The SMILES string of the molecule is CCCOc1ccc2oc(C(=O)N[C@@H](COCc3ccccc3)C(=O)O)cc2c1. The van der Waals surface area contributed by atoms with Crippen LogP contribution in [0, 0.1) is 0 Å². The lowest BCUT2D eigenvalue weighted by molar-refractivity contribution is -0.141. The maximum atomic E-state index is 12.5. The summed E-state index contributed by atoms with van der Waals surface area (Å²) < 4.78 is 16.6. The highest BCUT2D eigenvalue weighted by atomic mass is 16.5. The van der Waals surface area contributed by atoms with E-state index in [4.69, 9.17) is 13.9 Å². The first-order chi connectivity index (χ1) is 14.1. The molecule has 2 N–H and O–H groups in total. The van der Waals surface area contributed by atoms with Crippen LogP contribution in [-0.4, -0.2) is 36.2 Å². The molecule has 0 bridgehead atoms. The molecule has 1 amide bonds. The summed E-state index contributed by atoms with van der Waals surface area (Å²) in [6.45, 7) is 2.71. The molecule has 2 aromatic carbocycles. The number of carboxylic acids is 1. The Labute approximate surface area is 168 Å². The molecule has 1 atom stereocenters. The van der Waals surface area contributed by atoms with Crippen molar-refractivity contribution in [1.82, 2.24) is 5.32 Å². The van der Waals surface area contributed by atoms with Gasteiger partial charge in [0.1, 0.15) is 11.3 Å². The van der Waals surface area contributed by atoms with Gasteiger partial charge in [-0.1, -0.05) is 37.3 Å². The summed E-state index contributed by atoms with van der Waals surface area (Å²) in [6.07, 6.45) is 0.889. The fraction of sp³-hybridized carbons (Fsp3) is 0.273. The van der Waals surface area contributed by atoms with E-state index in [0.29, 0.717) is 23.3 Å². The van der Waals surface area contributed by atoms with Crippen LogP contribution in [0.5, 0.6) is 5.75 Å². The van der Waals surface area contributed by atoms with Crippen LogP contribution in [0.1, 0.15) is 29.5 Å². The van der Waals surface area contributed by atoms with E-state index >= 15 is 0 Å². The van der Waals surface area contributed by atoms with Crippen LogP contribution in [0.3, 0.4) is 0 Å². The standard InChI is InChI=1S/C22H23NO6/c1-2-10-28-17-8-9-19-16(11-17)12-20(29-19)21(24)23-18(22(25)26)14-27-13-15-6-4-3-5-7-15/h3-9,11-12,18H,2,10,13-14H2,1H3,(H,23,24)(H,25,26)/t18-/m0/s1. The molecule has 3 aromatic rings. The Bertz CT molecular complexity index is 966. The number of rotatable bonds is 10. The van der Waals surface area contributed by atoms with E-state index in [0.717, 1.165) is 12.0 Å². The molecular formula is C22H23NO6. The molecule has 0 fully saturated rings. The molecule has 7 heteroatoms. The first kappa shape index (κ1) is 20.4. The zero-order valence-corrected chi connectivity index (χ0v) is 16.1. The third-order valence-corrected chi connectivity index (χ3v) is 4.18. The summed E-state index contributed by atoms with van der Waals surface area (Å²) in [6, 6.07) is 15.0. The van der Waals surface area contributed by atoms with Gasteiger partial charge in [-0.25, -0.2) is 4.79 Å². The quantitative estimate of drug-likeness (QED) is 0.542. The number of ether oxygens (including phenoxy) is 2. The van der Waals surface area contributed by atoms with Gasteiger partial charge in [0.15, 0.2) is 11.8 Å². The van der Waals surface area contributed by atoms with Crippen molar-refractivity contribution in [1.29, 1.82) is 0 Å². The average molecular weight is 397 g/mol. The zero-order chi connectivity index (χ0) is 20.6. The number of fused-ring (bicyclic) bond motifs is 1. The summed E-state index contributed by atoms with van der Waals surface area (Å²) in [4.78, 5) is 23.9. The molecule has 0 saturated carbocycles. The second-order valence-corrected chi connectivity index (χ2v) is 6.52. The first-order valence-corrected chi connectivity index (χ1v) is 9.38. The van der Waals surface area contributed by atoms with Crippen LogP contribution in [0.25, 0.3) is 11.0 Å². The van der Waals surface area contributed by atoms with Gasteiger partial charge in [0.2, 0.25) is 0 Å².